The maximum atomic E-state index is 12.5. The molecule has 0 radical (unpaired) electrons. The van der Waals surface area contributed by atoms with Crippen LogP contribution in [0.3, 0.4) is 0 Å². The van der Waals surface area contributed by atoms with Crippen LogP contribution < -0.4 is 19.5 Å². The fourth-order valence-electron chi connectivity index (χ4n) is 3.11. The number of nitrogens with one attached hydrogen (secondary N) is 1. The van der Waals surface area contributed by atoms with Gasteiger partial charge in [0.2, 0.25) is 5.91 Å². The monoisotopic (exact) mass is 465 g/mol. The van der Waals surface area contributed by atoms with Crippen molar-refractivity contribution >= 4 is 29.0 Å². The van der Waals surface area contributed by atoms with E-state index in [1.54, 1.807) is 36.9 Å². The number of aromatic nitrogens is 4. The second-order valence-corrected chi connectivity index (χ2v) is 7.86. The lowest BCUT2D eigenvalue weighted by Crippen LogP contribution is -2.14. The molecule has 0 unspecified atom stereocenters. The summed E-state index contributed by atoms with van der Waals surface area (Å²) in [4.78, 5) is 12.5. The molecule has 0 bridgehead atoms. The third-order valence-corrected chi connectivity index (χ3v) is 5.57. The number of nitrogens with zero attached hydrogens (tertiary/aromatic N) is 4. The number of carbonyl (C=O) groups excluding carboxylic acids is 1. The Balaban J connectivity index is 1.46. The average Bonchev–Trinajstić information content (AvgIpc) is 3.26. The molecule has 4 rings (SSSR count). The molecule has 0 saturated carbocycles. The van der Waals surface area contributed by atoms with Crippen molar-refractivity contribution in [1.29, 1.82) is 0 Å². The molecular weight excluding hydrogens is 442 g/mol. The van der Waals surface area contributed by atoms with Gasteiger partial charge < -0.3 is 19.5 Å². The Morgan fingerprint density at radius 1 is 0.970 bits per heavy atom. The molecule has 0 aliphatic rings. The quantitative estimate of drug-likeness (QED) is 0.371. The summed E-state index contributed by atoms with van der Waals surface area (Å²) in [5, 5.41) is 16.6. The van der Waals surface area contributed by atoms with Gasteiger partial charge in [-0.25, -0.2) is 0 Å². The molecular formula is C23H23N5O4S. The zero-order chi connectivity index (χ0) is 23.2. The lowest BCUT2D eigenvalue weighted by molar-refractivity contribution is -0.113. The fourth-order valence-corrected chi connectivity index (χ4v) is 3.77. The van der Waals surface area contributed by atoms with E-state index >= 15 is 0 Å². The molecule has 2 aromatic heterocycles. The molecule has 4 aromatic rings. The molecule has 170 valence electrons. The molecule has 0 saturated heterocycles. The number of benzene rings is 2. The van der Waals surface area contributed by atoms with Crippen molar-refractivity contribution in [2.75, 3.05) is 31.9 Å². The molecule has 0 fully saturated rings. The van der Waals surface area contributed by atoms with E-state index in [2.05, 4.69) is 20.6 Å². The van der Waals surface area contributed by atoms with Gasteiger partial charge in [-0.3, -0.25) is 4.79 Å². The number of ether oxygens (including phenoxy) is 3. The van der Waals surface area contributed by atoms with Crippen molar-refractivity contribution in [1.82, 2.24) is 19.8 Å². The highest BCUT2D eigenvalue weighted by molar-refractivity contribution is 7.99. The van der Waals surface area contributed by atoms with Crippen LogP contribution in [-0.2, 0) is 4.79 Å². The van der Waals surface area contributed by atoms with Crippen LogP contribution in [-0.4, -0.2) is 52.3 Å². The molecule has 0 spiro atoms. The summed E-state index contributed by atoms with van der Waals surface area (Å²) >= 11 is 1.32. The Morgan fingerprint density at radius 2 is 1.70 bits per heavy atom. The van der Waals surface area contributed by atoms with E-state index in [-0.39, 0.29) is 11.7 Å². The van der Waals surface area contributed by atoms with Gasteiger partial charge in [-0.05, 0) is 43.3 Å². The number of thioether (sulfide) groups is 1. The highest BCUT2D eigenvalue weighted by Crippen LogP contribution is 2.26. The minimum Gasteiger partial charge on any atom is -0.497 e. The Labute approximate surface area is 195 Å². The van der Waals surface area contributed by atoms with E-state index < -0.39 is 0 Å². The fraction of sp³-hybridized carbons (Fsp3) is 0.217. The van der Waals surface area contributed by atoms with Gasteiger partial charge in [0.25, 0.3) is 0 Å². The maximum absolute atomic E-state index is 12.5. The highest BCUT2D eigenvalue weighted by Gasteiger charge is 2.12. The third-order valence-electron chi connectivity index (χ3n) is 4.65. The predicted octanol–water partition coefficient (Wildman–Crippen LogP) is 3.94. The van der Waals surface area contributed by atoms with Gasteiger partial charge in [0.1, 0.15) is 22.3 Å². The van der Waals surface area contributed by atoms with Gasteiger partial charge in [0.15, 0.2) is 11.5 Å². The summed E-state index contributed by atoms with van der Waals surface area (Å²) in [6.07, 6.45) is 0. The SMILES string of the molecule is CCOc1ccc(-c2nnc3ccc(SCC(=O)Nc4cc(OC)cc(OC)c4)nn23)cc1. The molecule has 2 aromatic carbocycles. The number of rotatable bonds is 9. The zero-order valence-electron chi connectivity index (χ0n) is 18.4. The molecule has 1 N–H and O–H groups in total. The molecule has 0 aliphatic heterocycles. The van der Waals surface area contributed by atoms with Crippen LogP contribution in [0.1, 0.15) is 6.92 Å². The van der Waals surface area contributed by atoms with Crippen LogP contribution in [0.4, 0.5) is 5.69 Å². The van der Waals surface area contributed by atoms with E-state index in [0.717, 1.165) is 11.3 Å². The van der Waals surface area contributed by atoms with Gasteiger partial charge >= 0.3 is 0 Å². The van der Waals surface area contributed by atoms with Crippen LogP contribution >= 0.6 is 11.8 Å². The van der Waals surface area contributed by atoms with Crippen LogP contribution in [0.2, 0.25) is 0 Å². The standard InChI is InChI=1S/C23H23N5O4S/c1-4-32-17-7-5-15(6-8-17)23-26-25-20-9-10-22(27-28(20)23)33-14-21(29)24-16-11-18(30-2)13-19(12-16)31-3/h5-13H,4,14H2,1-3H3,(H,24,29). The summed E-state index contributed by atoms with van der Waals surface area (Å²) in [6.45, 7) is 2.55. The molecule has 9 nitrogen and oxygen atoms in total. The van der Waals surface area contributed by atoms with Gasteiger partial charge in [-0.2, -0.15) is 9.61 Å². The first-order valence-corrected chi connectivity index (χ1v) is 11.2. The first kappa shape index (κ1) is 22.4. The smallest absolute Gasteiger partial charge is 0.234 e. The summed E-state index contributed by atoms with van der Waals surface area (Å²) in [5.74, 6) is 2.60. The van der Waals surface area contributed by atoms with Crippen LogP contribution in [0.25, 0.3) is 17.0 Å². The van der Waals surface area contributed by atoms with Crippen molar-refractivity contribution in [3.8, 4) is 28.6 Å². The van der Waals surface area contributed by atoms with Crippen molar-refractivity contribution in [3.63, 3.8) is 0 Å². The number of fused-ring (bicyclic) bond motifs is 1. The largest absolute Gasteiger partial charge is 0.497 e. The zero-order valence-corrected chi connectivity index (χ0v) is 19.3. The van der Waals surface area contributed by atoms with Crippen molar-refractivity contribution < 1.29 is 19.0 Å². The van der Waals surface area contributed by atoms with Gasteiger partial charge in [0.05, 0.1) is 26.6 Å². The lowest BCUT2D eigenvalue weighted by atomic mass is 10.2. The Bertz CT molecular complexity index is 1240. The topological polar surface area (TPSA) is 99.9 Å². The molecule has 0 aliphatic carbocycles. The van der Waals surface area contributed by atoms with E-state index in [9.17, 15) is 4.79 Å². The Hall–Kier alpha value is -3.79. The van der Waals surface area contributed by atoms with E-state index in [0.29, 0.717) is 40.3 Å². The lowest BCUT2D eigenvalue weighted by Gasteiger charge is -2.10. The normalized spacial score (nSPS) is 10.8. The third kappa shape index (κ3) is 5.35. The number of methoxy groups -OCH3 is 2. The molecule has 2 heterocycles. The summed E-state index contributed by atoms with van der Waals surface area (Å²) in [5.41, 5.74) is 2.08. The van der Waals surface area contributed by atoms with E-state index in [1.807, 2.05) is 43.3 Å². The van der Waals surface area contributed by atoms with Gasteiger partial charge in [-0.1, -0.05) is 11.8 Å². The molecule has 0 atom stereocenters. The number of hydrogen-bond acceptors (Lipinski definition) is 8. The number of amides is 1. The Morgan fingerprint density at radius 3 is 2.36 bits per heavy atom. The molecule has 33 heavy (non-hydrogen) atoms. The molecule has 10 heteroatoms. The van der Waals surface area contributed by atoms with Crippen molar-refractivity contribution in [2.45, 2.75) is 11.9 Å². The minimum absolute atomic E-state index is 0.173. The predicted molar refractivity (Wildman–Crippen MR) is 126 cm³/mol. The van der Waals surface area contributed by atoms with Gasteiger partial charge in [-0.15, -0.1) is 10.2 Å². The van der Waals surface area contributed by atoms with Crippen LogP contribution in [0, 0.1) is 0 Å². The van der Waals surface area contributed by atoms with Crippen LogP contribution in [0.5, 0.6) is 17.2 Å². The van der Waals surface area contributed by atoms with Crippen molar-refractivity contribution in [2.24, 2.45) is 0 Å². The first-order chi connectivity index (χ1) is 16.1. The number of carbonyl (C=O) groups is 1. The Kier molecular flexibility index (Phi) is 6.94. The minimum atomic E-state index is -0.173. The summed E-state index contributed by atoms with van der Waals surface area (Å²) < 4.78 is 17.6. The average molecular weight is 466 g/mol. The second kappa shape index (κ2) is 10.2. The number of hydrogen-bond donors (Lipinski definition) is 1. The second-order valence-electron chi connectivity index (χ2n) is 6.86. The molecule has 1 amide bonds. The summed E-state index contributed by atoms with van der Waals surface area (Å²) in [7, 11) is 3.12. The first-order valence-electron chi connectivity index (χ1n) is 10.2. The number of anilines is 1. The van der Waals surface area contributed by atoms with Crippen molar-refractivity contribution in [3.05, 3.63) is 54.6 Å². The highest BCUT2D eigenvalue weighted by atomic mass is 32.2. The van der Waals surface area contributed by atoms with Crippen LogP contribution in [0.15, 0.2) is 59.6 Å². The van der Waals surface area contributed by atoms with E-state index in [1.165, 1.54) is 11.8 Å². The summed E-state index contributed by atoms with van der Waals surface area (Å²) in [6, 6.07) is 16.4. The van der Waals surface area contributed by atoms with Gasteiger partial charge in [0, 0.05) is 29.4 Å². The van der Waals surface area contributed by atoms with E-state index in [4.69, 9.17) is 14.2 Å². The maximum Gasteiger partial charge on any atom is 0.234 e.